The van der Waals surface area contributed by atoms with Crippen molar-refractivity contribution in [1.82, 2.24) is 0 Å². The highest BCUT2D eigenvalue weighted by Crippen LogP contribution is 2.25. The number of aryl methyl sites for hydroxylation is 2. The zero-order chi connectivity index (χ0) is 18.4. The Labute approximate surface area is 152 Å². The van der Waals surface area contributed by atoms with Crippen LogP contribution in [0.5, 0.6) is 11.5 Å². The second-order valence-electron chi connectivity index (χ2n) is 6.00. The van der Waals surface area contributed by atoms with Crippen LogP contribution in [0.15, 0.2) is 41.6 Å². The lowest BCUT2D eigenvalue weighted by atomic mass is 10.1. The number of carbonyl (C=O) groups is 1. The summed E-state index contributed by atoms with van der Waals surface area (Å²) in [5.74, 6) is 1.07. The molecule has 0 fully saturated rings. The van der Waals surface area contributed by atoms with E-state index in [9.17, 15) is 4.79 Å². The van der Waals surface area contributed by atoms with Gasteiger partial charge in [-0.25, -0.2) is 0 Å². The van der Waals surface area contributed by atoms with E-state index < -0.39 is 0 Å². The van der Waals surface area contributed by atoms with Crippen LogP contribution in [0.25, 0.3) is 0 Å². The van der Waals surface area contributed by atoms with Crippen molar-refractivity contribution in [2.24, 2.45) is 5.16 Å². The normalized spacial score (nSPS) is 12.7. The number of ether oxygens (including phenoxy) is 2. The number of benzene rings is 2. The fourth-order valence-electron chi connectivity index (χ4n) is 2.98. The third-order valence-electron chi connectivity index (χ3n) is 4.28. The molecule has 0 atom stereocenters. The predicted molar refractivity (Wildman–Crippen MR) is 100 cm³/mol. The molecule has 6 heteroatoms. The van der Waals surface area contributed by atoms with E-state index in [4.69, 9.17) is 14.3 Å². The first kappa shape index (κ1) is 17.8. The zero-order valence-corrected chi connectivity index (χ0v) is 15.0. The highest BCUT2D eigenvalue weighted by molar-refractivity contribution is 5.92. The first-order valence-corrected chi connectivity index (χ1v) is 8.48. The fourth-order valence-corrected chi connectivity index (χ4v) is 2.98. The molecule has 0 saturated heterocycles. The van der Waals surface area contributed by atoms with Crippen LogP contribution in [0, 0.1) is 0 Å². The number of hydrogen-bond donors (Lipinski definition) is 1. The monoisotopic (exact) mass is 354 g/mol. The van der Waals surface area contributed by atoms with E-state index in [-0.39, 0.29) is 12.5 Å². The summed E-state index contributed by atoms with van der Waals surface area (Å²) in [5.41, 5.74) is 4.17. The molecule has 1 aliphatic carbocycles. The Morgan fingerprint density at radius 2 is 1.96 bits per heavy atom. The molecular weight excluding hydrogens is 332 g/mol. The maximum atomic E-state index is 12.0. The molecule has 2 aromatic rings. The predicted octanol–water partition coefficient (Wildman–Crippen LogP) is 3.18. The van der Waals surface area contributed by atoms with Crippen molar-refractivity contribution in [2.45, 2.75) is 19.3 Å². The number of hydrogen-bond acceptors (Lipinski definition) is 5. The Balaban J connectivity index is 1.53. The summed E-state index contributed by atoms with van der Waals surface area (Å²) in [6.07, 6.45) is 4.86. The van der Waals surface area contributed by atoms with Gasteiger partial charge in [-0.3, -0.25) is 4.79 Å². The van der Waals surface area contributed by atoms with Gasteiger partial charge in [-0.1, -0.05) is 11.2 Å². The lowest BCUT2D eigenvalue weighted by Gasteiger charge is -2.07. The first-order chi connectivity index (χ1) is 12.7. The van der Waals surface area contributed by atoms with Gasteiger partial charge in [-0.2, -0.15) is 0 Å². The molecule has 1 aliphatic rings. The SMILES string of the molecule is COc1ccc(OC)c(/C=N\OCC(=O)Nc2ccc3c(c2)CCC3)c1. The number of nitrogens with zero attached hydrogens (tertiary/aromatic N) is 1. The standard InChI is InChI=1S/C20H22N2O4/c1-24-18-8-9-19(25-2)16(11-18)12-21-26-13-20(23)22-17-7-6-14-4-3-5-15(14)10-17/h6-12H,3-5,13H2,1-2H3,(H,22,23)/b21-12-. The van der Waals surface area contributed by atoms with Gasteiger partial charge in [-0.05, 0) is 60.7 Å². The van der Waals surface area contributed by atoms with E-state index >= 15 is 0 Å². The number of methoxy groups -OCH3 is 2. The summed E-state index contributed by atoms with van der Waals surface area (Å²) >= 11 is 0. The number of amides is 1. The Morgan fingerprint density at radius 1 is 1.12 bits per heavy atom. The van der Waals surface area contributed by atoms with Crippen molar-refractivity contribution in [3.8, 4) is 11.5 Å². The number of anilines is 1. The van der Waals surface area contributed by atoms with Crippen molar-refractivity contribution in [3.63, 3.8) is 0 Å². The molecule has 26 heavy (non-hydrogen) atoms. The molecule has 3 rings (SSSR count). The summed E-state index contributed by atoms with van der Waals surface area (Å²) in [5, 5.41) is 6.67. The van der Waals surface area contributed by atoms with Gasteiger partial charge >= 0.3 is 0 Å². The van der Waals surface area contributed by atoms with Crippen molar-refractivity contribution < 1.29 is 19.1 Å². The molecule has 0 heterocycles. The van der Waals surface area contributed by atoms with E-state index in [1.54, 1.807) is 32.4 Å². The number of oxime groups is 1. The molecule has 0 aliphatic heterocycles. The zero-order valence-electron chi connectivity index (χ0n) is 15.0. The average molecular weight is 354 g/mol. The van der Waals surface area contributed by atoms with E-state index in [0.717, 1.165) is 18.5 Å². The van der Waals surface area contributed by atoms with Crippen molar-refractivity contribution in [3.05, 3.63) is 53.1 Å². The molecule has 136 valence electrons. The molecule has 1 N–H and O–H groups in total. The summed E-state index contributed by atoms with van der Waals surface area (Å²) in [6, 6.07) is 11.4. The van der Waals surface area contributed by atoms with Crippen LogP contribution in [0.3, 0.4) is 0 Å². The Bertz CT molecular complexity index is 817. The van der Waals surface area contributed by atoms with Crippen LogP contribution in [0.2, 0.25) is 0 Å². The Morgan fingerprint density at radius 3 is 2.77 bits per heavy atom. The quantitative estimate of drug-likeness (QED) is 0.612. The largest absolute Gasteiger partial charge is 0.497 e. The maximum Gasteiger partial charge on any atom is 0.265 e. The topological polar surface area (TPSA) is 69.1 Å². The average Bonchev–Trinajstić information content (AvgIpc) is 3.12. The van der Waals surface area contributed by atoms with Crippen molar-refractivity contribution in [2.75, 3.05) is 26.1 Å². The second kappa shape index (κ2) is 8.38. The van der Waals surface area contributed by atoms with Gasteiger partial charge in [0.05, 0.1) is 20.4 Å². The molecule has 0 spiro atoms. The number of nitrogens with one attached hydrogen (secondary N) is 1. The number of rotatable bonds is 7. The maximum absolute atomic E-state index is 12.0. The van der Waals surface area contributed by atoms with Crippen LogP contribution in [0.4, 0.5) is 5.69 Å². The van der Waals surface area contributed by atoms with Crippen LogP contribution in [-0.4, -0.2) is 32.9 Å². The lowest BCUT2D eigenvalue weighted by molar-refractivity contribution is -0.120. The molecule has 1 amide bonds. The van der Waals surface area contributed by atoms with Gasteiger partial charge in [0.25, 0.3) is 5.91 Å². The summed E-state index contributed by atoms with van der Waals surface area (Å²) in [4.78, 5) is 17.1. The number of fused-ring (bicyclic) bond motifs is 1. The summed E-state index contributed by atoms with van der Waals surface area (Å²) in [6.45, 7) is -0.167. The van der Waals surface area contributed by atoms with E-state index in [0.29, 0.717) is 17.1 Å². The van der Waals surface area contributed by atoms with Gasteiger partial charge < -0.3 is 19.6 Å². The van der Waals surface area contributed by atoms with Crippen molar-refractivity contribution in [1.29, 1.82) is 0 Å². The smallest absolute Gasteiger partial charge is 0.265 e. The lowest BCUT2D eigenvalue weighted by Crippen LogP contribution is -2.17. The second-order valence-corrected chi connectivity index (χ2v) is 6.00. The Hall–Kier alpha value is -3.02. The molecular formula is C20H22N2O4. The van der Waals surface area contributed by atoms with Crippen molar-refractivity contribution >= 4 is 17.8 Å². The minimum atomic E-state index is -0.252. The fraction of sp³-hybridized carbons (Fsp3) is 0.300. The molecule has 0 bridgehead atoms. The van der Waals surface area contributed by atoms with Gasteiger partial charge in [0.15, 0.2) is 6.61 Å². The molecule has 2 aromatic carbocycles. The highest BCUT2D eigenvalue weighted by atomic mass is 16.6. The van der Waals surface area contributed by atoms with E-state index in [2.05, 4.69) is 16.5 Å². The minimum Gasteiger partial charge on any atom is -0.497 e. The van der Waals surface area contributed by atoms with Crippen LogP contribution >= 0.6 is 0 Å². The van der Waals surface area contributed by atoms with Gasteiger partial charge in [0.1, 0.15) is 11.5 Å². The van der Waals surface area contributed by atoms with Crippen LogP contribution < -0.4 is 14.8 Å². The third kappa shape index (κ3) is 4.33. The van der Waals surface area contributed by atoms with Gasteiger partial charge in [0.2, 0.25) is 0 Å². The molecule has 0 saturated carbocycles. The minimum absolute atomic E-state index is 0.167. The van der Waals surface area contributed by atoms with E-state index in [1.807, 2.05) is 12.1 Å². The molecule has 6 nitrogen and oxygen atoms in total. The molecule has 0 unspecified atom stereocenters. The van der Waals surface area contributed by atoms with Crippen LogP contribution in [-0.2, 0) is 22.5 Å². The summed E-state index contributed by atoms with van der Waals surface area (Å²) < 4.78 is 10.4. The van der Waals surface area contributed by atoms with Gasteiger partial charge in [0, 0.05) is 11.3 Å². The van der Waals surface area contributed by atoms with Gasteiger partial charge in [-0.15, -0.1) is 0 Å². The number of carbonyl (C=O) groups excluding carboxylic acids is 1. The third-order valence-corrected chi connectivity index (χ3v) is 4.28. The Kier molecular flexibility index (Phi) is 5.73. The van der Waals surface area contributed by atoms with E-state index in [1.165, 1.54) is 23.8 Å². The highest BCUT2D eigenvalue weighted by Gasteiger charge is 2.12. The van der Waals surface area contributed by atoms with Crippen LogP contribution in [0.1, 0.15) is 23.1 Å². The summed E-state index contributed by atoms with van der Waals surface area (Å²) in [7, 11) is 3.16. The first-order valence-electron chi connectivity index (χ1n) is 8.48. The molecule has 0 aromatic heterocycles. The molecule has 0 radical (unpaired) electrons.